The molecule has 1 unspecified atom stereocenters. The van der Waals surface area contributed by atoms with Crippen LogP contribution >= 0.6 is 9.90 Å². The summed E-state index contributed by atoms with van der Waals surface area (Å²) in [7, 11) is 5.29. The lowest BCUT2D eigenvalue weighted by Gasteiger charge is -2.01. The highest BCUT2D eigenvalue weighted by molar-refractivity contribution is 6.92. The summed E-state index contributed by atoms with van der Waals surface area (Å²) in [6.07, 6.45) is 0. The molecule has 0 aliphatic heterocycles. The average molecular weight is 109 g/mol. The average Bonchev–Trinajstić information content (AvgIpc) is 1.38. The molecule has 0 aliphatic rings. The Kier molecular flexibility index (Phi) is 8.56. The molecule has 6 heavy (non-hydrogen) atoms. The van der Waals surface area contributed by atoms with Crippen LogP contribution in [-0.2, 0) is 4.84 Å². The van der Waals surface area contributed by atoms with Crippen LogP contribution in [0.15, 0.2) is 0 Å². The van der Waals surface area contributed by atoms with E-state index in [-0.39, 0.29) is 9.90 Å². The molecule has 0 aliphatic carbocycles. The van der Waals surface area contributed by atoms with Crippen LogP contribution < -0.4 is 0 Å². The van der Waals surface area contributed by atoms with Gasteiger partial charge in [0.15, 0.2) is 0 Å². The van der Waals surface area contributed by atoms with Crippen LogP contribution in [0.1, 0.15) is 0 Å². The number of hydroxylamine groups is 2. The molecule has 0 spiro atoms. The smallest absolute Gasteiger partial charge is 0.0574 e. The van der Waals surface area contributed by atoms with Gasteiger partial charge in [-0.1, -0.05) is 0 Å². The van der Waals surface area contributed by atoms with Gasteiger partial charge in [-0.2, -0.15) is 15.0 Å². The molecule has 3 heteroatoms. The maximum atomic E-state index is 4.58. The standard InChI is InChI=1S/C3H9NO.H3P/c1-4(2)5-3;/h1-3H3;1H3. The SMILES string of the molecule is CON(C)C.P. The van der Waals surface area contributed by atoms with Crippen molar-refractivity contribution < 1.29 is 4.84 Å². The van der Waals surface area contributed by atoms with Crippen molar-refractivity contribution in [3.05, 3.63) is 0 Å². The molecule has 1 atom stereocenters. The van der Waals surface area contributed by atoms with Crippen LogP contribution in [0.5, 0.6) is 0 Å². The van der Waals surface area contributed by atoms with E-state index in [1.807, 2.05) is 14.1 Å². The van der Waals surface area contributed by atoms with Gasteiger partial charge in [0.2, 0.25) is 0 Å². The third-order valence-electron chi connectivity index (χ3n) is 0.365. The molecule has 0 aromatic carbocycles. The van der Waals surface area contributed by atoms with E-state index in [0.29, 0.717) is 0 Å². The first-order valence-corrected chi connectivity index (χ1v) is 1.49. The van der Waals surface area contributed by atoms with Crippen LogP contribution in [0.25, 0.3) is 0 Å². The highest BCUT2D eigenvalue weighted by Crippen LogP contribution is 1.64. The molecule has 0 fully saturated rings. The highest BCUT2D eigenvalue weighted by Gasteiger charge is 1.70. The Hall–Kier alpha value is 0.350. The van der Waals surface area contributed by atoms with Crippen molar-refractivity contribution in [1.82, 2.24) is 5.06 Å². The molecule has 0 aromatic rings. The van der Waals surface area contributed by atoms with Gasteiger partial charge in [0.25, 0.3) is 0 Å². The van der Waals surface area contributed by atoms with E-state index in [9.17, 15) is 0 Å². The first-order chi connectivity index (χ1) is 2.27. The quantitative estimate of drug-likeness (QED) is 0.351. The van der Waals surface area contributed by atoms with Gasteiger partial charge in [0.05, 0.1) is 7.11 Å². The molecule has 0 saturated heterocycles. The summed E-state index contributed by atoms with van der Waals surface area (Å²) in [5, 5.41) is 1.62. The monoisotopic (exact) mass is 109 g/mol. The van der Waals surface area contributed by atoms with E-state index < -0.39 is 0 Å². The van der Waals surface area contributed by atoms with Gasteiger partial charge in [-0.25, -0.2) is 0 Å². The Labute approximate surface area is 42.0 Å². The lowest BCUT2D eigenvalue weighted by Crippen LogP contribution is -2.07. The first-order valence-electron chi connectivity index (χ1n) is 1.49. The zero-order chi connectivity index (χ0) is 4.28. The molecule has 0 heterocycles. The minimum absolute atomic E-state index is 0. The van der Waals surface area contributed by atoms with E-state index in [1.54, 1.807) is 12.2 Å². The largest absolute Gasteiger partial charge is 0.303 e. The molecule has 0 amide bonds. The van der Waals surface area contributed by atoms with Crippen LogP contribution in [-0.4, -0.2) is 26.3 Å². The van der Waals surface area contributed by atoms with Crippen molar-refractivity contribution in [1.29, 1.82) is 0 Å². The Morgan fingerprint density at radius 1 is 1.33 bits per heavy atom. The fourth-order valence-electron chi connectivity index (χ4n) is 0. The fraction of sp³-hybridized carbons (Fsp3) is 1.00. The lowest BCUT2D eigenvalue weighted by atomic mass is 11.2. The summed E-state index contributed by atoms with van der Waals surface area (Å²) in [5.41, 5.74) is 0. The summed E-state index contributed by atoms with van der Waals surface area (Å²) in [4.78, 5) is 4.58. The second kappa shape index (κ2) is 5.35. The molecule has 40 valence electrons. The predicted octanol–water partition coefficient (Wildman–Crippen LogP) is 0.167. The third-order valence-corrected chi connectivity index (χ3v) is 0.365. The van der Waals surface area contributed by atoms with E-state index in [2.05, 4.69) is 4.84 Å². The van der Waals surface area contributed by atoms with Crippen molar-refractivity contribution in [2.75, 3.05) is 21.2 Å². The van der Waals surface area contributed by atoms with E-state index in [1.165, 1.54) is 0 Å². The molecule has 2 nitrogen and oxygen atoms in total. The number of nitrogens with zero attached hydrogens (tertiary/aromatic N) is 1. The zero-order valence-corrected chi connectivity index (χ0v) is 5.98. The maximum Gasteiger partial charge on any atom is 0.0574 e. The zero-order valence-electron chi connectivity index (χ0n) is 4.56. The van der Waals surface area contributed by atoms with Crippen LogP contribution in [0.2, 0.25) is 0 Å². The molecule has 0 bridgehead atoms. The van der Waals surface area contributed by atoms with Gasteiger partial charge in [-0.3, -0.25) is 0 Å². The first kappa shape index (κ1) is 9.61. The van der Waals surface area contributed by atoms with Gasteiger partial charge in [0.1, 0.15) is 0 Å². The van der Waals surface area contributed by atoms with Crippen molar-refractivity contribution in [2.45, 2.75) is 0 Å². The number of hydrogen-bond donors (Lipinski definition) is 0. The summed E-state index contributed by atoms with van der Waals surface area (Å²) in [6.45, 7) is 0. The second-order valence-electron chi connectivity index (χ2n) is 0.995. The van der Waals surface area contributed by atoms with Crippen LogP contribution in [0, 0.1) is 0 Å². The molecule has 0 N–H and O–H groups in total. The molecule has 0 saturated carbocycles. The second-order valence-corrected chi connectivity index (χ2v) is 0.995. The molecule has 0 rings (SSSR count). The lowest BCUT2D eigenvalue weighted by molar-refractivity contribution is -0.0855. The number of rotatable bonds is 1. The minimum Gasteiger partial charge on any atom is -0.303 e. The van der Waals surface area contributed by atoms with E-state index >= 15 is 0 Å². The van der Waals surface area contributed by atoms with E-state index in [0.717, 1.165) is 0 Å². The van der Waals surface area contributed by atoms with Crippen LogP contribution in [0.3, 0.4) is 0 Å². The summed E-state index contributed by atoms with van der Waals surface area (Å²) < 4.78 is 0. The van der Waals surface area contributed by atoms with Gasteiger partial charge >= 0.3 is 0 Å². The Bertz CT molecular complexity index is 24.8. The van der Waals surface area contributed by atoms with Gasteiger partial charge in [0, 0.05) is 14.1 Å². The fourth-order valence-corrected chi connectivity index (χ4v) is 0. The highest BCUT2D eigenvalue weighted by atomic mass is 31.0. The Balaban J connectivity index is 0. The van der Waals surface area contributed by atoms with Gasteiger partial charge in [-0.05, 0) is 0 Å². The maximum absolute atomic E-state index is 4.58. The summed E-state index contributed by atoms with van der Waals surface area (Å²) in [5.74, 6) is 0. The Morgan fingerprint density at radius 2 is 1.50 bits per heavy atom. The van der Waals surface area contributed by atoms with Crippen molar-refractivity contribution in [3.63, 3.8) is 0 Å². The Morgan fingerprint density at radius 3 is 1.50 bits per heavy atom. The van der Waals surface area contributed by atoms with Crippen LogP contribution in [0.4, 0.5) is 0 Å². The molecular formula is C3H12NOP. The van der Waals surface area contributed by atoms with Crippen molar-refractivity contribution in [2.24, 2.45) is 0 Å². The third kappa shape index (κ3) is 8.84. The van der Waals surface area contributed by atoms with Crippen molar-refractivity contribution >= 4 is 9.90 Å². The normalized spacial score (nSPS) is 8.00. The molecular weight excluding hydrogens is 97.0 g/mol. The topological polar surface area (TPSA) is 12.5 Å². The molecule has 0 radical (unpaired) electrons. The number of hydrogen-bond acceptors (Lipinski definition) is 2. The van der Waals surface area contributed by atoms with Crippen molar-refractivity contribution in [3.8, 4) is 0 Å². The van der Waals surface area contributed by atoms with Gasteiger partial charge in [-0.15, -0.1) is 0 Å². The minimum atomic E-state index is 0. The van der Waals surface area contributed by atoms with E-state index in [4.69, 9.17) is 0 Å². The summed E-state index contributed by atoms with van der Waals surface area (Å²) >= 11 is 0. The van der Waals surface area contributed by atoms with Gasteiger partial charge < -0.3 is 4.84 Å². The molecule has 0 aromatic heterocycles. The summed E-state index contributed by atoms with van der Waals surface area (Å²) in [6, 6.07) is 0. The predicted molar refractivity (Wildman–Crippen MR) is 31.8 cm³/mol.